The summed E-state index contributed by atoms with van der Waals surface area (Å²) in [5.41, 5.74) is 3.24. The minimum atomic E-state index is -1.08. The molecular formula is C32H36N4O7. The number of carboxylic acid groups (broad SMARTS) is 1. The minimum absolute atomic E-state index is 0.0723. The third-order valence-corrected chi connectivity index (χ3v) is 6.87. The number of aryl methyl sites for hydroxylation is 1. The topological polar surface area (TPSA) is 155 Å². The first-order valence-corrected chi connectivity index (χ1v) is 14.0. The molecule has 226 valence electrons. The molecule has 1 aliphatic heterocycles. The molecule has 43 heavy (non-hydrogen) atoms. The maximum absolute atomic E-state index is 13.4. The zero-order chi connectivity index (χ0) is 30.9. The number of carbonyl (C=O) groups excluding carboxylic acids is 3. The van der Waals surface area contributed by atoms with E-state index in [2.05, 4.69) is 21.3 Å². The zero-order valence-corrected chi connectivity index (χ0v) is 24.3. The van der Waals surface area contributed by atoms with Gasteiger partial charge in [0.2, 0.25) is 18.6 Å². The van der Waals surface area contributed by atoms with Crippen molar-refractivity contribution >= 4 is 40.9 Å². The van der Waals surface area contributed by atoms with Gasteiger partial charge < -0.3 is 35.8 Å². The van der Waals surface area contributed by atoms with Crippen LogP contribution in [0.15, 0.2) is 66.7 Å². The van der Waals surface area contributed by atoms with Gasteiger partial charge in [0.05, 0.1) is 12.5 Å². The molecule has 0 saturated carbocycles. The van der Waals surface area contributed by atoms with Crippen molar-refractivity contribution in [2.45, 2.75) is 46.1 Å². The van der Waals surface area contributed by atoms with Gasteiger partial charge in [-0.15, -0.1) is 0 Å². The second-order valence-electron chi connectivity index (χ2n) is 10.8. The first kappa shape index (κ1) is 30.9. The summed E-state index contributed by atoms with van der Waals surface area (Å²) in [7, 11) is 0. The summed E-state index contributed by atoms with van der Waals surface area (Å²) in [6.07, 6.45) is -0.00182. The number of hydrogen-bond acceptors (Lipinski definition) is 6. The molecule has 0 bridgehead atoms. The maximum atomic E-state index is 13.4. The van der Waals surface area contributed by atoms with E-state index in [1.807, 2.05) is 45.0 Å². The lowest BCUT2D eigenvalue weighted by atomic mass is 9.92. The molecule has 1 aliphatic rings. The van der Waals surface area contributed by atoms with Crippen LogP contribution in [0.5, 0.6) is 11.5 Å². The summed E-state index contributed by atoms with van der Waals surface area (Å²) in [6.45, 7) is 5.87. The Morgan fingerprint density at radius 1 is 0.837 bits per heavy atom. The van der Waals surface area contributed by atoms with Crippen LogP contribution in [-0.2, 0) is 14.4 Å². The van der Waals surface area contributed by atoms with E-state index in [-0.39, 0.29) is 31.5 Å². The van der Waals surface area contributed by atoms with Gasteiger partial charge in [-0.25, -0.2) is 4.79 Å². The van der Waals surface area contributed by atoms with Crippen LogP contribution in [0.3, 0.4) is 0 Å². The second-order valence-corrected chi connectivity index (χ2v) is 10.8. The van der Waals surface area contributed by atoms with Crippen LogP contribution in [0.4, 0.5) is 21.9 Å². The first-order chi connectivity index (χ1) is 20.6. The van der Waals surface area contributed by atoms with Gasteiger partial charge >= 0.3 is 12.0 Å². The molecule has 5 N–H and O–H groups in total. The molecule has 2 unspecified atom stereocenters. The van der Waals surface area contributed by atoms with E-state index in [0.717, 1.165) is 5.56 Å². The van der Waals surface area contributed by atoms with Crippen LogP contribution in [0, 0.1) is 18.8 Å². The van der Waals surface area contributed by atoms with Gasteiger partial charge in [0.25, 0.3) is 0 Å². The van der Waals surface area contributed by atoms with Gasteiger partial charge in [-0.05, 0) is 72.9 Å². The summed E-state index contributed by atoms with van der Waals surface area (Å²) in [5.74, 6) is -1.39. The van der Waals surface area contributed by atoms with Crippen LogP contribution in [-0.4, -0.2) is 35.7 Å². The van der Waals surface area contributed by atoms with Crippen molar-refractivity contribution in [1.82, 2.24) is 5.32 Å². The number of fused-ring (bicyclic) bond motifs is 1. The highest BCUT2D eigenvalue weighted by Crippen LogP contribution is 2.35. The number of carbonyl (C=O) groups is 4. The van der Waals surface area contributed by atoms with Crippen molar-refractivity contribution in [3.8, 4) is 11.5 Å². The van der Waals surface area contributed by atoms with Gasteiger partial charge in [-0.3, -0.25) is 14.4 Å². The fourth-order valence-electron chi connectivity index (χ4n) is 4.77. The highest BCUT2D eigenvalue weighted by molar-refractivity contribution is 6.00. The fourth-order valence-corrected chi connectivity index (χ4v) is 4.77. The standard InChI is InChI=1S/C32H36N4O7/c1-19(2)14-22(31(40)35-26(17-30(38)39)21-8-13-27-28(15-21)43-18-42-27)16-29(37)33-23-9-11-24(12-10-23)34-32(41)36-25-7-5-4-6-20(25)3/h4-13,15,19,22,26H,14,16-18H2,1-3H3,(H,33,37)(H,35,40)(H,38,39)(H2,34,36,41). The Bertz CT molecular complexity index is 1470. The van der Waals surface area contributed by atoms with Crippen LogP contribution in [0.2, 0.25) is 0 Å². The lowest BCUT2D eigenvalue weighted by molar-refractivity contribution is -0.138. The molecule has 2 atom stereocenters. The molecule has 0 spiro atoms. The summed E-state index contributed by atoms with van der Waals surface area (Å²) in [5, 5.41) is 20.7. The molecule has 11 nitrogen and oxygen atoms in total. The van der Waals surface area contributed by atoms with Crippen molar-refractivity contribution in [3.63, 3.8) is 0 Å². The van der Waals surface area contributed by atoms with Gasteiger partial charge in [0.15, 0.2) is 11.5 Å². The lowest BCUT2D eigenvalue weighted by Crippen LogP contribution is -2.37. The van der Waals surface area contributed by atoms with Gasteiger partial charge in [-0.2, -0.15) is 0 Å². The molecule has 0 aromatic heterocycles. The van der Waals surface area contributed by atoms with Gasteiger partial charge in [-0.1, -0.05) is 38.1 Å². The van der Waals surface area contributed by atoms with Crippen LogP contribution in [0.1, 0.15) is 50.3 Å². The van der Waals surface area contributed by atoms with E-state index in [9.17, 15) is 24.3 Å². The number of amides is 4. The normalized spacial score (nSPS) is 13.1. The summed E-state index contributed by atoms with van der Waals surface area (Å²) < 4.78 is 10.7. The van der Waals surface area contributed by atoms with E-state index >= 15 is 0 Å². The molecule has 0 fully saturated rings. The van der Waals surface area contributed by atoms with Crippen molar-refractivity contribution in [2.75, 3.05) is 22.7 Å². The van der Waals surface area contributed by atoms with E-state index < -0.39 is 29.9 Å². The van der Waals surface area contributed by atoms with Crippen molar-refractivity contribution in [3.05, 3.63) is 77.9 Å². The Hall–Kier alpha value is -5.06. The smallest absolute Gasteiger partial charge is 0.323 e. The highest BCUT2D eigenvalue weighted by Gasteiger charge is 2.28. The number of ether oxygens (including phenoxy) is 2. The van der Waals surface area contributed by atoms with Crippen LogP contribution >= 0.6 is 0 Å². The third-order valence-electron chi connectivity index (χ3n) is 6.87. The quantitative estimate of drug-likeness (QED) is 0.182. The van der Waals surface area contributed by atoms with E-state index in [0.29, 0.717) is 40.5 Å². The van der Waals surface area contributed by atoms with Crippen molar-refractivity contribution < 1.29 is 33.8 Å². The Labute approximate surface area is 250 Å². The Balaban J connectivity index is 1.36. The summed E-state index contributed by atoms with van der Waals surface area (Å²) in [4.78, 5) is 50.3. The number of urea groups is 1. The fraction of sp³-hybridized carbons (Fsp3) is 0.312. The van der Waals surface area contributed by atoms with Crippen LogP contribution in [0.25, 0.3) is 0 Å². The zero-order valence-electron chi connectivity index (χ0n) is 24.3. The largest absolute Gasteiger partial charge is 0.481 e. The highest BCUT2D eigenvalue weighted by atomic mass is 16.7. The molecule has 1 heterocycles. The summed E-state index contributed by atoms with van der Waals surface area (Å²) >= 11 is 0. The Kier molecular flexibility index (Phi) is 10.2. The average Bonchev–Trinajstić information content (AvgIpc) is 3.42. The molecule has 0 aliphatic carbocycles. The van der Waals surface area contributed by atoms with Gasteiger partial charge in [0.1, 0.15) is 0 Å². The minimum Gasteiger partial charge on any atom is -0.481 e. The number of rotatable bonds is 12. The SMILES string of the molecule is Cc1ccccc1NC(=O)Nc1ccc(NC(=O)CC(CC(C)C)C(=O)NC(CC(=O)O)c2ccc3c(c2)OCO3)cc1. The number of anilines is 3. The van der Waals surface area contributed by atoms with Crippen LogP contribution < -0.4 is 30.7 Å². The van der Waals surface area contributed by atoms with E-state index in [4.69, 9.17) is 9.47 Å². The predicted molar refractivity (Wildman–Crippen MR) is 162 cm³/mol. The molecule has 3 aromatic carbocycles. The molecular weight excluding hydrogens is 552 g/mol. The maximum Gasteiger partial charge on any atom is 0.323 e. The molecule has 4 amide bonds. The van der Waals surface area contributed by atoms with E-state index in [1.54, 1.807) is 42.5 Å². The first-order valence-electron chi connectivity index (χ1n) is 14.0. The molecule has 3 aromatic rings. The molecule has 4 rings (SSSR count). The lowest BCUT2D eigenvalue weighted by Gasteiger charge is -2.23. The van der Waals surface area contributed by atoms with E-state index in [1.165, 1.54) is 0 Å². The number of benzene rings is 3. The number of aliphatic carboxylic acids is 1. The molecule has 0 saturated heterocycles. The third kappa shape index (κ3) is 8.96. The average molecular weight is 589 g/mol. The Morgan fingerprint density at radius 3 is 2.19 bits per heavy atom. The molecule has 11 heteroatoms. The van der Waals surface area contributed by atoms with Gasteiger partial charge in [0, 0.05) is 29.4 Å². The molecule has 0 radical (unpaired) electrons. The Morgan fingerprint density at radius 2 is 1.51 bits per heavy atom. The number of nitrogens with one attached hydrogen (secondary N) is 4. The second kappa shape index (κ2) is 14.2. The summed E-state index contributed by atoms with van der Waals surface area (Å²) in [6, 6.07) is 17.9. The number of carboxylic acids is 1. The number of hydrogen-bond donors (Lipinski definition) is 5. The van der Waals surface area contributed by atoms with Crippen molar-refractivity contribution in [2.24, 2.45) is 11.8 Å². The number of para-hydroxylation sites is 1. The van der Waals surface area contributed by atoms with Crippen molar-refractivity contribution in [1.29, 1.82) is 0 Å². The monoisotopic (exact) mass is 588 g/mol. The predicted octanol–water partition coefficient (Wildman–Crippen LogP) is 5.69.